The van der Waals surface area contributed by atoms with Crippen LogP contribution in [0.3, 0.4) is 0 Å². The molecular formula is C11H15N3O2. The summed E-state index contributed by atoms with van der Waals surface area (Å²) in [5, 5.41) is 3.23. The number of ether oxygens (including phenoxy) is 1. The first-order valence-corrected chi connectivity index (χ1v) is 5.34. The predicted molar refractivity (Wildman–Crippen MR) is 61.8 cm³/mol. The van der Waals surface area contributed by atoms with Gasteiger partial charge in [-0.1, -0.05) is 12.2 Å². The summed E-state index contributed by atoms with van der Waals surface area (Å²) >= 11 is 0. The van der Waals surface area contributed by atoms with Crippen LogP contribution in [0.4, 0.5) is 5.82 Å². The van der Waals surface area contributed by atoms with Gasteiger partial charge in [0.2, 0.25) is 5.75 Å². The van der Waals surface area contributed by atoms with Crippen molar-refractivity contribution in [1.29, 1.82) is 0 Å². The molecule has 5 heteroatoms. The number of hydrogen-bond acceptors (Lipinski definition) is 4. The lowest BCUT2D eigenvalue weighted by molar-refractivity contribution is 0.407. The molecule has 1 aliphatic rings. The van der Waals surface area contributed by atoms with Crippen molar-refractivity contribution >= 4 is 5.82 Å². The molecule has 1 heterocycles. The smallest absolute Gasteiger partial charge is 0.295 e. The van der Waals surface area contributed by atoms with Crippen LogP contribution in [0.1, 0.15) is 19.3 Å². The molecule has 2 rings (SSSR count). The maximum atomic E-state index is 11.4. The third-order valence-corrected chi connectivity index (χ3v) is 2.62. The molecular weight excluding hydrogens is 206 g/mol. The highest BCUT2D eigenvalue weighted by molar-refractivity contribution is 5.48. The summed E-state index contributed by atoms with van der Waals surface area (Å²) in [5.41, 5.74) is -0.258. The Labute approximate surface area is 93.6 Å². The minimum Gasteiger partial charge on any atom is -0.489 e. The molecule has 0 fully saturated rings. The first-order valence-electron chi connectivity index (χ1n) is 5.34. The molecule has 1 aliphatic carbocycles. The first-order chi connectivity index (χ1) is 7.81. The van der Waals surface area contributed by atoms with Crippen molar-refractivity contribution in [2.75, 3.05) is 12.4 Å². The number of aromatic nitrogens is 2. The summed E-state index contributed by atoms with van der Waals surface area (Å²) in [5.74, 6) is 0.767. The van der Waals surface area contributed by atoms with Gasteiger partial charge in [0.25, 0.3) is 5.56 Å². The molecule has 1 atom stereocenters. The summed E-state index contributed by atoms with van der Waals surface area (Å²) in [6.45, 7) is 0. The zero-order valence-corrected chi connectivity index (χ0v) is 9.19. The van der Waals surface area contributed by atoms with Crippen LogP contribution >= 0.6 is 0 Å². The second-order valence-electron chi connectivity index (χ2n) is 3.74. The van der Waals surface area contributed by atoms with E-state index in [9.17, 15) is 4.79 Å². The Hall–Kier alpha value is -1.78. The van der Waals surface area contributed by atoms with Crippen molar-refractivity contribution in [3.8, 4) is 5.75 Å². The molecule has 1 aromatic heterocycles. The van der Waals surface area contributed by atoms with Crippen molar-refractivity contribution in [2.45, 2.75) is 25.3 Å². The van der Waals surface area contributed by atoms with Crippen molar-refractivity contribution in [1.82, 2.24) is 9.97 Å². The number of anilines is 1. The Morgan fingerprint density at radius 1 is 1.56 bits per heavy atom. The van der Waals surface area contributed by atoms with E-state index in [2.05, 4.69) is 27.4 Å². The molecule has 1 aromatic rings. The van der Waals surface area contributed by atoms with E-state index in [0.717, 1.165) is 19.3 Å². The lowest BCUT2D eigenvalue weighted by Crippen LogP contribution is -2.23. The average Bonchev–Trinajstić information content (AvgIpc) is 2.31. The number of H-pyrrole nitrogens is 1. The van der Waals surface area contributed by atoms with Gasteiger partial charge in [-0.3, -0.25) is 4.79 Å². The minimum atomic E-state index is -0.258. The van der Waals surface area contributed by atoms with Gasteiger partial charge in [0.1, 0.15) is 0 Å². The highest BCUT2D eigenvalue weighted by Crippen LogP contribution is 2.20. The molecule has 0 saturated carbocycles. The Morgan fingerprint density at radius 2 is 2.44 bits per heavy atom. The Morgan fingerprint density at radius 3 is 3.12 bits per heavy atom. The zero-order valence-electron chi connectivity index (χ0n) is 9.19. The van der Waals surface area contributed by atoms with E-state index in [1.807, 2.05) is 0 Å². The number of allylic oxidation sites excluding steroid dienone is 1. The Kier molecular flexibility index (Phi) is 3.24. The lowest BCUT2D eigenvalue weighted by atomic mass is 10.0. The van der Waals surface area contributed by atoms with Crippen molar-refractivity contribution in [3.63, 3.8) is 0 Å². The molecule has 16 heavy (non-hydrogen) atoms. The van der Waals surface area contributed by atoms with E-state index in [1.54, 1.807) is 0 Å². The molecule has 0 amide bonds. The van der Waals surface area contributed by atoms with Crippen molar-refractivity contribution in [3.05, 3.63) is 28.8 Å². The molecule has 0 aliphatic heterocycles. The van der Waals surface area contributed by atoms with Gasteiger partial charge in [0.05, 0.1) is 13.4 Å². The van der Waals surface area contributed by atoms with Crippen LogP contribution in [0.15, 0.2) is 23.3 Å². The molecule has 2 N–H and O–H groups in total. The van der Waals surface area contributed by atoms with Crippen molar-refractivity contribution in [2.24, 2.45) is 0 Å². The van der Waals surface area contributed by atoms with Gasteiger partial charge >= 0.3 is 0 Å². The molecule has 0 radical (unpaired) electrons. The molecule has 5 nitrogen and oxygen atoms in total. The summed E-state index contributed by atoms with van der Waals surface area (Å²) in [4.78, 5) is 18.0. The van der Waals surface area contributed by atoms with Gasteiger partial charge in [-0.2, -0.15) is 0 Å². The topological polar surface area (TPSA) is 67.0 Å². The maximum absolute atomic E-state index is 11.4. The Bertz CT molecular complexity index is 439. The van der Waals surface area contributed by atoms with Crippen LogP contribution in [-0.2, 0) is 0 Å². The SMILES string of the molecule is COc1c(NC2CC=CCC2)nc[nH]c1=O. The fourth-order valence-electron chi connectivity index (χ4n) is 1.80. The second-order valence-corrected chi connectivity index (χ2v) is 3.74. The molecule has 0 saturated heterocycles. The third kappa shape index (κ3) is 2.24. The van der Waals surface area contributed by atoms with E-state index < -0.39 is 0 Å². The average molecular weight is 221 g/mol. The summed E-state index contributed by atoms with van der Waals surface area (Å²) in [7, 11) is 1.47. The van der Waals surface area contributed by atoms with E-state index in [4.69, 9.17) is 4.74 Å². The molecule has 0 aromatic carbocycles. The Balaban J connectivity index is 2.17. The first kappa shape index (κ1) is 10.7. The monoisotopic (exact) mass is 221 g/mol. The summed E-state index contributed by atoms with van der Waals surface area (Å²) < 4.78 is 5.03. The lowest BCUT2D eigenvalue weighted by Gasteiger charge is -2.20. The van der Waals surface area contributed by atoms with E-state index in [0.29, 0.717) is 11.9 Å². The van der Waals surface area contributed by atoms with Crippen LogP contribution in [0.5, 0.6) is 5.75 Å². The van der Waals surface area contributed by atoms with Gasteiger partial charge in [-0.25, -0.2) is 4.98 Å². The van der Waals surface area contributed by atoms with Crippen LogP contribution in [0, 0.1) is 0 Å². The van der Waals surface area contributed by atoms with Crippen LogP contribution < -0.4 is 15.6 Å². The van der Waals surface area contributed by atoms with Gasteiger partial charge < -0.3 is 15.0 Å². The van der Waals surface area contributed by atoms with Crippen LogP contribution in [0.25, 0.3) is 0 Å². The van der Waals surface area contributed by atoms with E-state index >= 15 is 0 Å². The van der Waals surface area contributed by atoms with Gasteiger partial charge in [-0.15, -0.1) is 0 Å². The van der Waals surface area contributed by atoms with Crippen LogP contribution in [0.2, 0.25) is 0 Å². The number of hydrogen-bond donors (Lipinski definition) is 2. The zero-order chi connectivity index (χ0) is 11.4. The fraction of sp³-hybridized carbons (Fsp3) is 0.455. The highest BCUT2D eigenvalue weighted by atomic mass is 16.5. The fourth-order valence-corrected chi connectivity index (χ4v) is 1.80. The standard InChI is InChI=1S/C11H15N3O2/c1-16-9-10(12-7-13-11(9)15)14-8-5-3-2-4-6-8/h2-3,7-8H,4-6H2,1H3,(H2,12,13,14,15). The number of nitrogens with one attached hydrogen (secondary N) is 2. The van der Waals surface area contributed by atoms with Crippen LogP contribution in [-0.4, -0.2) is 23.1 Å². The number of methoxy groups -OCH3 is 1. The minimum absolute atomic E-state index is 0.247. The quantitative estimate of drug-likeness (QED) is 0.755. The molecule has 0 bridgehead atoms. The largest absolute Gasteiger partial charge is 0.489 e. The van der Waals surface area contributed by atoms with Gasteiger partial charge in [0, 0.05) is 6.04 Å². The second kappa shape index (κ2) is 4.83. The van der Waals surface area contributed by atoms with Gasteiger partial charge in [-0.05, 0) is 19.3 Å². The highest BCUT2D eigenvalue weighted by Gasteiger charge is 2.14. The van der Waals surface area contributed by atoms with Crippen molar-refractivity contribution < 1.29 is 4.74 Å². The molecule has 1 unspecified atom stereocenters. The number of aromatic amines is 1. The summed E-state index contributed by atoms with van der Waals surface area (Å²) in [6, 6.07) is 0.327. The van der Waals surface area contributed by atoms with E-state index in [1.165, 1.54) is 13.4 Å². The molecule has 0 spiro atoms. The third-order valence-electron chi connectivity index (χ3n) is 2.62. The van der Waals surface area contributed by atoms with E-state index in [-0.39, 0.29) is 11.3 Å². The predicted octanol–water partition coefficient (Wildman–Crippen LogP) is 1.30. The maximum Gasteiger partial charge on any atom is 0.295 e. The normalized spacial score (nSPS) is 19.4. The van der Waals surface area contributed by atoms with Gasteiger partial charge in [0.15, 0.2) is 5.82 Å². The number of rotatable bonds is 3. The molecule has 86 valence electrons. The number of nitrogens with zero attached hydrogens (tertiary/aromatic N) is 1. The summed E-state index contributed by atoms with van der Waals surface area (Å²) in [6.07, 6.45) is 8.75.